The van der Waals surface area contributed by atoms with Crippen molar-refractivity contribution in [2.45, 2.75) is 19.0 Å². The number of pyridine rings is 1. The van der Waals surface area contributed by atoms with Crippen LogP contribution in [0.1, 0.15) is 34.1 Å². The maximum atomic E-state index is 12.9. The Balaban J connectivity index is 1.55. The Morgan fingerprint density at radius 3 is 2.68 bits per heavy atom. The van der Waals surface area contributed by atoms with Crippen molar-refractivity contribution < 1.29 is 9.59 Å². The third kappa shape index (κ3) is 3.62. The van der Waals surface area contributed by atoms with Crippen molar-refractivity contribution in [2.24, 2.45) is 0 Å². The van der Waals surface area contributed by atoms with Gasteiger partial charge in [-0.15, -0.1) is 0 Å². The average molecular weight is 392 g/mol. The molecule has 3 aromatic rings. The summed E-state index contributed by atoms with van der Waals surface area (Å²) in [7, 11) is 0. The molecule has 2 amide bonds. The molecule has 0 aliphatic carbocycles. The lowest BCUT2D eigenvalue weighted by atomic mass is 10.1. The molecule has 0 bridgehead atoms. The summed E-state index contributed by atoms with van der Waals surface area (Å²) < 4.78 is 0. The fourth-order valence-corrected chi connectivity index (χ4v) is 3.64. The van der Waals surface area contributed by atoms with Gasteiger partial charge in [0, 0.05) is 23.5 Å². The normalized spacial score (nSPS) is 15.4. The number of hydrogen-bond acceptors (Lipinski definition) is 3. The standard InChI is InChI=1S/C22H18ClN3O2/c23-16-7-4-6-15(12-16)14-25-20(27)13-19-21-18(10-5-11-24-21)22(28)26(19)17-8-2-1-3-9-17/h1-12,19H,13-14H2,(H,25,27)/t19-/m0/s1. The Bertz CT molecular complexity index is 1020. The molecule has 0 saturated heterocycles. The quantitative estimate of drug-likeness (QED) is 0.710. The van der Waals surface area contributed by atoms with E-state index in [0.29, 0.717) is 22.8 Å². The van der Waals surface area contributed by atoms with Gasteiger partial charge in [-0.3, -0.25) is 19.5 Å². The lowest BCUT2D eigenvalue weighted by molar-refractivity contribution is -0.121. The lowest BCUT2D eigenvalue weighted by Gasteiger charge is -2.24. The molecule has 1 aliphatic rings. The van der Waals surface area contributed by atoms with Crippen molar-refractivity contribution in [2.75, 3.05) is 4.90 Å². The molecule has 140 valence electrons. The highest BCUT2D eigenvalue weighted by Crippen LogP contribution is 2.38. The minimum absolute atomic E-state index is 0.130. The summed E-state index contributed by atoms with van der Waals surface area (Å²) >= 11 is 5.99. The van der Waals surface area contributed by atoms with Crippen LogP contribution in [0.2, 0.25) is 5.02 Å². The summed E-state index contributed by atoms with van der Waals surface area (Å²) in [5.41, 5.74) is 2.84. The zero-order valence-corrected chi connectivity index (χ0v) is 15.8. The SMILES string of the molecule is O=C(C[C@H]1c2ncccc2C(=O)N1c1ccccc1)NCc1cccc(Cl)c1. The summed E-state index contributed by atoms with van der Waals surface area (Å²) in [5, 5.41) is 3.53. The van der Waals surface area contributed by atoms with E-state index < -0.39 is 6.04 Å². The number of amides is 2. The second-order valence-corrected chi connectivity index (χ2v) is 7.01. The number of aromatic nitrogens is 1. The van der Waals surface area contributed by atoms with Gasteiger partial charge in [0.15, 0.2) is 0 Å². The first-order valence-electron chi connectivity index (χ1n) is 8.98. The predicted molar refractivity (Wildman–Crippen MR) is 108 cm³/mol. The number of nitrogens with zero attached hydrogens (tertiary/aromatic N) is 2. The predicted octanol–water partition coefficient (Wildman–Crippen LogP) is 4.14. The van der Waals surface area contributed by atoms with Crippen molar-refractivity contribution in [3.8, 4) is 0 Å². The Labute approximate surface area is 168 Å². The van der Waals surface area contributed by atoms with Gasteiger partial charge in [0.05, 0.1) is 23.7 Å². The number of para-hydroxylation sites is 1. The van der Waals surface area contributed by atoms with Crippen LogP contribution in [0.15, 0.2) is 72.9 Å². The van der Waals surface area contributed by atoms with E-state index in [2.05, 4.69) is 10.3 Å². The fourth-order valence-electron chi connectivity index (χ4n) is 3.43. The highest BCUT2D eigenvalue weighted by molar-refractivity contribution is 6.30. The summed E-state index contributed by atoms with van der Waals surface area (Å²) in [6.07, 6.45) is 1.78. The third-order valence-corrected chi connectivity index (χ3v) is 4.94. The Hall–Kier alpha value is -3.18. The molecule has 2 heterocycles. The van der Waals surface area contributed by atoms with E-state index in [1.165, 1.54) is 0 Å². The second-order valence-electron chi connectivity index (χ2n) is 6.57. The molecule has 0 fully saturated rings. The molecule has 0 saturated carbocycles. The molecule has 0 spiro atoms. The van der Waals surface area contributed by atoms with E-state index in [4.69, 9.17) is 11.6 Å². The number of halogens is 1. The van der Waals surface area contributed by atoms with Crippen molar-refractivity contribution in [3.05, 3.63) is 94.8 Å². The number of hydrogen-bond donors (Lipinski definition) is 1. The number of fused-ring (bicyclic) bond motifs is 1. The Morgan fingerprint density at radius 1 is 1.07 bits per heavy atom. The van der Waals surface area contributed by atoms with Crippen molar-refractivity contribution in [3.63, 3.8) is 0 Å². The van der Waals surface area contributed by atoms with Crippen LogP contribution in [0.25, 0.3) is 0 Å². The molecule has 0 radical (unpaired) electrons. The third-order valence-electron chi connectivity index (χ3n) is 4.71. The first-order valence-corrected chi connectivity index (χ1v) is 9.36. The van der Waals surface area contributed by atoms with E-state index in [-0.39, 0.29) is 18.2 Å². The highest BCUT2D eigenvalue weighted by Gasteiger charge is 2.39. The van der Waals surface area contributed by atoms with Crippen LogP contribution in [-0.2, 0) is 11.3 Å². The highest BCUT2D eigenvalue weighted by atomic mass is 35.5. The second kappa shape index (κ2) is 7.82. The van der Waals surface area contributed by atoms with Gasteiger partial charge in [-0.05, 0) is 42.0 Å². The summed E-state index contributed by atoms with van der Waals surface area (Å²) in [4.78, 5) is 31.6. The zero-order chi connectivity index (χ0) is 19.5. The van der Waals surface area contributed by atoms with Gasteiger partial charge in [0.1, 0.15) is 0 Å². The number of rotatable bonds is 5. The number of carbonyl (C=O) groups excluding carboxylic acids is 2. The number of benzene rings is 2. The minimum Gasteiger partial charge on any atom is -0.352 e. The number of carbonyl (C=O) groups is 2. The minimum atomic E-state index is -0.439. The molecule has 1 aliphatic heterocycles. The molecule has 28 heavy (non-hydrogen) atoms. The number of nitrogens with one attached hydrogen (secondary N) is 1. The first kappa shape index (κ1) is 18.2. The molecule has 0 unspecified atom stereocenters. The van der Waals surface area contributed by atoms with E-state index in [1.54, 1.807) is 29.3 Å². The van der Waals surface area contributed by atoms with Crippen LogP contribution in [0, 0.1) is 0 Å². The van der Waals surface area contributed by atoms with Crippen LogP contribution in [-0.4, -0.2) is 16.8 Å². The number of anilines is 1. The van der Waals surface area contributed by atoms with E-state index in [1.807, 2.05) is 48.5 Å². The molecule has 4 rings (SSSR count). The monoisotopic (exact) mass is 391 g/mol. The molecule has 2 aromatic carbocycles. The van der Waals surface area contributed by atoms with E-state index in [0.717, 1.165) is 11.3 Å². The van der Waals surface area contributed by atoms with Gasteiger partial charge < -0.3 is 5.32 Å². The fraction of sp³-hybridized carbons (Fsp3) is 0.136. The van der Waals surface area contributed by atoms with Crippen LogP contribution < -0.4 is 10.2 Å². The van der Waals surface area contributed by atoms with Gasteiger partial charge in [-0.2, -0.15) is 0 Å². The van der Waals surface area contributed by atoms with Gasteiger partial charge in [0.25, 0.3) is 5.91 Å². The molecule has 6 heteroatoms. The summed E-state index contributed by atoms with van der Waals surface area (Å²) in [6.45, 7) is 0.375. The van der Waals surface area contributed by atoms with Crippen LogP contribution in [0.4, 0.5) is 5.69 Å². The lowest BCUT2D eigenvalue weighted by Crippen LogP contribution is -2.32. The van der Waals surface area contributed by atoms with Gasteiger partial charge in [-0.1, -0.05) is 41.9 Å². The van der Waals surface area contributed by atoms with Crippen molar-refractivity contribution in [1.29, 1.82) is 0 Å². The van der Waals surface area contributed by atoms with Crippen molar-refractivity contribution in [1.82, 2.24) is 10.3 Å². The van der Waals surface area contributed by atoms with Gasteiger partial charge in [0.2, 0.25) is 5.91 Å². The maximum Gasteiger partial charge on any atom is 0.260 e. The van der Waals surface area contributed by atoms with Crippen LogP contribution in [0.5, 0.6) is 0 Å². The van der Waals surface area contributed by atoms with Gasteiger partial charge >= 0.3 is 0 Å². The van der Waals surface area contributed by atoms with Gasteiger partial charge in [-0.25, -0.2) is 0 Å². The molecular formula is C22H18ClN3O2. The smallest absolute Gasteiger partial charge is 0.260 e. The van der Waals surface area contributed by atoms with E-state index in [9.17, 15) is 9.59 Å². The molecule has 1 aromatic heterocycles. The van der Waals surface area contributed by atoms with Crippen LogP contribution >= 0.6 is 11.6 Å². The Morgan fingerprint density at radius 2 is 1.89 bits per heavy atom. The summed E-state index contributed by atoms with van der Waals surface area (Å²) in [6, 6.07) is 19.8. The average Bonchev–Trinajstić information content (AvgIpc) is 2.99. The zero-order valence-electron chi connectivity index (χ0n) is 15.0. The largest absolute Gasteiger partial charge is 0.352 e. The van der Waals surface area contributed by atoms with Crippen molar-refractivity contribution >= 4 is 29.1 Å². The molecular weight excluding hydrogens is 374 g/mol. The topological polar surface area (TPSA) is 62.3 Å². The Kier molecular flexibility index (Phi) is 5.08. The summed E-state index contributed by atoms with van der Waals surface area (Å²) in [5.74, 6) is -0.292. The molecule has 1 atom stereocenters. The van der Waals surface area contributed by atoms with Crippen LogP contribution in [0.3, 0.4) is 0 Å². The molecule has 1 N–H and O–H groups in total. The first-order chi connectivity index (χ1) is 13.6. The van der Waals surface area contributed by atoms with E-state index >= 15 is 0 Å². The maximum absolute atomic E-state index is 12.9. The molecule has 5 nitrogen and oxygen atoms in total.